The Balaban J connectivity index is 1.56. The molecule has 0 spiro atoms. The molecule has 0 bridgehead atoms. The van der Waals surface area contributed by atoms with E-state index in [2.05, 4.69) is 27.1 Å². The van der Waals surface area contributed by atoms with Crippen LogP contribution >= 0.6 is 0 Å². The van der Waals surface area contributed by atoms with Gasteiger partial charge in [-0.2, -0.15) is 0 Å². The van der Waals surface area contributed by atoms with E-state index in [1.807, 2.05) is 35.0 Å². The molecule has 25 heavy (non-hydrogen) atoms. The van der Waals surface area contributed by atoms with Crippen LogP contribution in [-0.4, -0.2) is 32.5 Å². The van der Waals surface area contributed by atoms with Gasteiger partial charge in [-0.3, -0.25) is 9.59 Å². The molecular weight excluding hydrogens is 318 g/mol. The average Bonchev–Trinajstić information content (AvgIpc) is 3.25. The number of carbonyl (C=O) groups is 2. The van der Waals surface area contributed by atoms with Crippen molar-refractivity contribution < 1.29 is 9.59 Å². The van der Waals surface area contributed by atoms with Crippen LogP contribution in [0.15, 0.2) is 49.2 Å². The Kier molecular flexibility index (Phi) is 5.13. The molecule has 0 aliphatic rings. The van der Waals surface area contributed by atoms with Crippen molar-refractivity contribution in [2.75, 3.05) is 11.9 Å². The first-order chi connectivity index (χ1) is 12.2. The standard InChI is InChI=1S/C18H21N5O2/c1-2-8-23-9-5-14-12-15(3-4-16(14)23)21-18(25)17(24)20-7-11-22-10-6-19-13-22/h3-6,9-10,12-13H,2,7-8,11H2,1H3,(H,20,24)(H,21,25). The highest BCUT2D eigenvalue weighted by atomic mass is 16.2. The molecule has 0 saturated heterocycles. The predicted molar refractivity (Wildman–Crippen MR) is 96.1 cm³/mol. The Labute approximate surface area is 145 Å². The number of nitrogens with one attached hydrogen (secondary N) is 2. The monoisotopic (exact) mass is 339 g/mol. The molecular formula is C18H21N5O2. The summed E-state index contributed by atoms with van der Waals surface area (Å²) in [5, 5.41) is 6.27. The van der Waals surface area contributed by atoms with Crippen molar-refractivity contribution in [1.29, 1.82) is 0 Å². The molecule has 3 aromatic rings. The molecule has 0 aliphatic heterocycles. The van der Waals surface area contributed by atoms with Gasteiger partial charge in [-0.25, -0.2) is 4.98 Å². The molecule has 0 unspecified atom stereocenters. The van der Waals surface area contributed by atoms with E-state index in [1.54, 1.807) is 18.7 Å². The Morgan fingerprint density at radius 1 is 1.12 bits per heavy atom. The van der Waals surface area contributed by atoms with E-state index in [4.69, 9.17) is 0 Å². The quantitative estimate of drug-likeness (QED) is 0.674. The van der Waals surface area contributed by atoms with Crippen LogP contribution in [0.5, 0.6) is 0 Å². The van der Waals surface area contributed by atoms with Gasteiger partial charge in [0.15, 0.2) is 0 Å². The zero-order valence-corrected chi connectivity index (χ0v) is 14.1. The second-order valence-corrected chi connectivity index (χ2v) is 5.79. The minimum atomic E-state index is -0.669. The highest BCUT2D eigenvalue weighted by Gasteiger charge is 2.13. The lowest BCUT2D eigenvalue weighted by atomic mass is 10.2. The zero-order chi connectivity index (χ0) is 17.6. The Hall–Kier alpha value is -3.09. The number of nitrogens with zero attached hydrogens (tertiary/aromatic N) is 3. The van der Waals surface area contributed by atoms with Gasteiger partial charge >= 0.3 is 11.8 Å². The molecule has 2 N–H and O–H groups in total. The smallest absolute Gasteiger partial charge is 0.313 e. The number of aromatic nitrogens is 3. The topological polar surface area (TPSA) is 81.0 Å². The molecule has 0 saturated carbocycles. The molecule has 0 atom stereocenters. The number of rotatable bonds is 6. The van der Waals surface area contributed by atoms with Crippen LogP contribution in [0.1, 0.15) is 13.3 Å². The molecule has 3 rings (SSSR count). The number of anilines is 1. The van der Waals surface area contributed by atoms with E-state index < -0.39 is 11.8 Å². The van der Waals surface area contributed by atoms with Gasteiger partial charge in [-0.15, -0.1) is 0 Å². The number of hydrogen-bond donors (Lipinski definition) is 2. The fourth-order valence-corrected chi connectivity index (χ4v) is 2.70. The van der Waals surface area contributed by atoms with Gasteiger partial charge in [0.1, 0.15) is 0 Å². The largest absolute Gasteiger partial charge is 0.347 e. The molecule has 130 valence electrons. The molecule has 0 radical (unpaired) electrons. The summed E-state index contributed by atoms with van der Waals surface area (Å²) in [6, 6.07) is 7.65. The summed E-state index contributed by atoms with van der Waals surface area (Å²) < 4.78 is 4.00. The second-order valence-electron chi connectivity index (χ2n) is 5.79. The lowest BCUT2D eigenvalue weighted by Crippen LogP contribution is -2.37. The van der Waals surface area contributed by atoms with Gasteiger partial charge in [-0.05, 0) is 30.7 Å². The van der Waals surface area contributed by atoms with Gasteiger partial charge in [0.2, 0.25) is 0 Å². The van der Waals surface area contributed by atoms with Crippen molar-refractivity contribution in [2.45, 2.75) is 26.4 Å². The van der Waals surface area contributed by atoms with Crippen LogP contribution in [0.3, 0.4) is 0 Å². The molecule has 1 aromatic carbocycles. The van der Waals surface area contributed by atoms with Crippen LogP contribution in [0.4, 0.5) is 5.69 Å². The Bertz CT molecular complexity index is 867. The number of hydrogen-bond acceptors (Lipinski definition) is 3. The number of fused-ring (bicyclic) bond motifs is 1. The van der Waals surface area contributed by atoms with Gasteiger partial charge in [0.25, 0.3) is 0 Å². The molecule has 7 heteroatoms. The predicted octanol–water partition coefficient (Wildman–Crippen LogP) is 2.00. The van der Waals surface area contributed by atoms with E-state index in [-0.39, 0.29) is 0 Å². The maximum absolute atomic E-state index is 12.0. The van der Waals surface area contributed by atoms with E-state index in [0.717, 1.165) is 23.9 Å². The number of aryl methyl sites for hydroxylation is 1. The van der Waals surface area contributed by atoms with Crippen LogP contribution in [0.2, 0.25) is 0 Å². The number of carbonyl (C=O) groups excluding carboxylic acids is 2. The molecule has 2 heterocycles. The van der Waals surface area contributed by atoms with Gasteiger partial charge in [-0.1, -0.05) is 6.92 Å². The van der Waals surface area contributed by atoms with Crippen LogP contribution in [-0.2, 0) is 22.7 Å². The van der Waals surface area contributed by atoms with Gasteiger partial charge < -0.3 is 19.8 Å². The second kappa shape index (κ2) is 7.65. The summed E-state index contributed by atoms with van der Waals surface area (Å²) in [7, 11) is 0. The highest BCUT2D eigenvalue weighted by Crippen LogP contribution is 2.20. The molecule has 0 aliphatic carbocycles. The summed E-state index contributed by atoms with van der Waals surface area (Å²) >= 11 is 0. The fourth-order valence-electron chi connectivity index (χ4n) is 2.70. The lowest BCUT2D eigenvalue weighted by molar-refractivity contribution is -0.136. The third-order valence-corrected chi connectivity index (χ3v) is 3.91. The van der Waals surface area contributed by atoms with Crippen molar-refractivity contribution in [1.82, 2.24) is 19.4 Å². The van der Waals surface area contributed by atoms with Crippen molar-refractivity contribution >= 4 is 28.4 Å². The normalized spacial score (nSPS) is 10.8. The first-order valence-electron chi connectivity index (χ1n) is 8.31. The third-order valence-electron chi connectivity index (χ3n) is 3.91. The van der Waals surface area contributed by atoms with Gasteiger partial charge in [0, 0.05) is 54.8 Å². The summed E-state index contributed by atoms with van der Waals surface area (Å²) in [5.41, 5.74) is 1.72. The fraction of sp³-hybridized carbons (Fsp3) is 0.278. The molecule has 7 nitrogen and oxygen atoms in total. The first kappa shape index (κ1) is 16.8. The van der Waals surface area contributed by atoms with E-state index >= 15 is 0 Å². The summed E-state index contributed by atoms with van der Waals surface area (Å²) in [5.74, 6) is -1.32. The Morgan fingerprint density at radius 3 is 2.76 bits per heavy atom. The summed E-state index contributed by atoms with van der Waals surface area (Å²) in [4.78, 5) is 27.8. The Morgan fingerprint density at radius 2 is 2.00 bits per heavy atom. The minimum absolute atomic E-state index is 0.363. The average molecular weight is 339 g/mol. The SMILES string of the molecule is CCCn1ccc2cc(NC(=O)C(=O)NCCn3ccnc3)ccc21. The maximum Gasteiger partial charge on any atom is 0.313 e. The third kappa shape index (κ3) is 4.06. The molecule has 2 aromatic heterocycles. The lowest BCUT2D eigenvalue weighted by Gasteiger charge is -2.08. The minimum Gasteiger partial charge on any atom is -0.347 e. The van der Waals surface area contributed by atoms with Crippen LogP contribution in [0, 0.1) is 0 Å². The molecule has 0 fully saturated rings. The first-order valence-corrected chi connectivity index (χ1v) is 8.31. The zero-order valence-electron chi connectivity index (χ0n) is 14.1. The van der Waals surface area contributed by atoms with Crippen molar-refractivity contribution in [3.8, 4) is 0 Å². The molecule has 2 amide bonds. The van der Waals surface area contributed by atoms with Crippen molar-refractivity contribution in [2.24, 2.45) is 0 Å². The van der Waals surface area contributed by atoms with Crippen LogP contribution in [0.25, 0.3) is 10.9 Å². The number of benzene rings is 1. The summed E-state index contributed by atoms with van der Waals surface area (Å²) in [6.07, 6.45) is 8.21. The van der Waals surface area contributed by atoms with E-state index in [9.17, 15) is 9.59 Å². The van der Waals surface area contributed by atoms with Crippen LogP contribution < -0.4 is 10.6 Å². The highest BCUT2D eigenvalue weighted by molar-refractivity contribution is 6.39. The van der Waals surface area contributed by atoms with Crippen molar-refractivity contribution in [3.05, 3.63) is 49.2 Å². The number of amides is 2. The summed E-state index contributed by atoms with van der Waals surface area (Å²) in [6.45, 7) is 4.01. The van der Waals surface area contributed by atoms with E-state index in [1.165, 1.54) is 0 Å². The number of imidazole rings is 1. The van der Waals surface area contributed by atoms with Crippen molar-refractivity contribution in [3.63, 3.8) is 0 Å². The van der Waals surface area contributed by atoms with E-state index in [0.29, 0.717) is 18.8 Å². The maximum atomic E-state index is 12.0. The van der Waals surface area contributed by atoms with Gasteiger partial charge in [0.05, 0.1) is 6.33 Å².